The van der Waals surface area contributed by atoms with Crippen molar-refractivity contribution in [3.8, 4) is 0 Å². The van der Waals surface area contributed by atoms with Gasteiger partial charge >= 0.3 is 0 Å². The Hall–Kier alpha value is -1.84. The summed E-state index contributed by atoms with van der Waals surface area (Å²) in [4.78, 5) is 18.3. The first-order chi connectivity index (χ1) is 8.86. The van der Waals surface area contributed by atoms with E-state index in [1.165, 1.54) is 19.3 Å². The molecule has 0 aliphatic rings. The zero-order valence-corrected chi connectivity index (χ0v) is 10.7. The molecule has 0 aromatic carbocycles. The molecule has 0 spiro atoms. The van der Waals surface area contributed by atoms with E-state index in [0.717, 1.165) is 36.0 Å². The van der Waals surface area contributed by atoms with E-state index in [9.17, 15) is 4.79 Å². The maximum atomic E-state index is 11.0. The second-order valence-electron chi connectivity index (χ2n) is 4.43. The van der Waals surface area contributed by atoms with Crippen LogP contribution >= 0.6 is 0 Å². The van der Waals surface area contributed by atoms with Crippen LogP contribution in [0.25, 0.3) is 11.0 Å². The minimum Gasteiger partial charge on any atom is -0.384 e. The van der Waals surface area contributed by atoms with Crippen molar-refractivity contribution in [1.29, 1.82) is 0 Å². The SMILES string of the molecule is CCCCCCNc1c(C=O)cnc2[nH]ccc12. The number of nitrogens with one attached hydrogen (secondary N) is 2. The number of pyridine rings is 1. The number of carbonyl (C=O) groups is 1. The van der Waals surface area contributed by atoms with Crippen molar-refractivity contribution in [1.82, 2.24) is 9.97 Å². The zero-order chi connectivity index (χ0) is 12.8. The number of nitrogens with zero attached hydrogens (tertiary/aromatic N) is 1. The highest BCUT2D eigenvalue weighted by molar-refractivity contribution is 5.98. The molecule has 96 valence electrons. The number of hydrogen-bond acceptors (Lipinski definition) is 3. The predicted octanol–water partition coefficient (Wildman–Crippen LogP) is 3.37. The number of H-pyrrole nitrogens is 1. The molecule has 0 unspecified atom stereocenters. The van der Waals surface area contributed by atoms with Gasteiger partial charge in [0.15, 0.2) is 6.29 Å². The van der Waals surface area contributed by atoms with E-state index in [-0.39, 0.29) is 0 Å². The molecule has 2 heterocycles. The molecule has 0 bridgehead atoms. The lowest BCUT2D eigenvalue weighted by Crippen LogP contribution is -2.05. The normalized spacial score (nSPS) is 10.7. The Bertz CT molecular complexity index is 519. The van der Waals surface area contributed by atoms with Gasteiger partial charge in [0.25, 0.3) is 0 Å². The largest absolute Gasteiger partial charge is 0.384 e. The molecular formula is C14H19N3O. The summed E-state index contributed by atoms with van der Waals surface area (Å²) in [6.07, 6.45) is 9.15. The Balaban J connectivity index is 2.09. The van der Waals surface area contributed by atoms with E-state index in [4.69, 9.17) is 0 Å². The van der Waals surface area contributed by atoms with Gasteiger partial charge in [-0.2, -0.15) is 0 Å². The lowest BCUT2D eigenvalue weighted by molar-refractivity contribution is 0.112. The minimum atomic E-state index is 0.623. The molecule has 0 saturated heterocycles. The van der Waals surface area contributed by atoms with Gasteiger partial charge in [-0.05, 0) is 12.5 Å². The highest BCUT2D eigenvalue weighted by Gasteiger charge is 2.08. The molecule has 0 aliphatic heterocycles. The summed E-state index contributed by atoms with van der Waals surface area (Å²) in [6, 6.07) is 1.95. The summed E-state index contributed by atoms with van der Waals surface area (Å²) in [5.41, 5.74) is 2.34. The van der Waals surface area contributed by atoms with Crippen LogP contribution in [-0.2, 0) is 0 Å². The number of anilines is 1. The summed E-state index contributed by atoms with van der Waals surface area (Å²) < 4.78 is 0. The van der Waals surface area contributed by atoms with Crippen LogP contribution in [0.5, 0.6) is 0 Å². The molecule has 2 aromatic rings. The van der Waals surface area contributed by atoms with E-state index in [2.05, 4.69) is 22.2 Å². The number of aldehydes is 1. The molecule has 2 rings (SSSR count). The monoisotopic (exact) mass is 245 g/mol. The fourth-order valence-corrected chi connectivity index (χ4v) is 2.08. The Morgan fingerprint density at radius 1 is 1.39 bits per heavy atom. The van der Waals surface area contributed by atoms with Crippen molar-refractivity contribution >= 4 is 23.0 Å². The highest BCUT2D eigenvalue weighted by Crippen LogP contribution is 2.24. The van der Waals surface area contributed by atoms with Gasteiger partial charge in [-0.25, -0.2) is 4.98 Å². The van der Waals surface area contributed by atoms with E-state index in [1.54, 1.807) is 6.20 Å². The molecule has 0 radical (unpaired) electrons. The lowest BCUT2D eigenvalue weighted by Gasteiger charge is -2.09. The first kappa shape index (κ1) is 12.6. The van der Waals surface area contributed by atoms with Gasteiger partial charge in [-0.1, -0.05) is 26.2 Å². The van der Waals surface area contributed by atoms with E-state index < -0.39 is 0 Å². The molecule has 2 N–H and O–H groups in total. The third-order valence-corrected chi connectivity index (χ3v) is 3.07. The van der Waals surface area contributed by atoms with Crippen LogP contribution in [-0.4, -0.2) is 22.8 Å². The molecule has 0 saturated carbocycles. The van der Waals surface area contributed by atoms with Gasteiger partial charge in [0.2, 0.25) is 0 Å². The molecular weight excluding hydrogens is 226 g/mol. The molecule has 2 aromatic heterocycles. The molecule has 0 atom stereocenters. The Morgan fingerprint density at radius 2 is 2.28 bits per heavy atom. The third kappa shape index (κ3) is 2.70. The van der Waals surface area contributed by atoms with Gasteiger partial charge in [0, 0.05) is 24.3 Å². The van der Waals surface area contributed by atoms with Crippen molar-refractivity contribution in [3.05, 3.63) is 24.0 Å². The first-order valence-corrected chi connectivity index (χ1v) is 6.52. The maximum Gasteiger partial charge on any atom is 0.153 e. The van der Waals surface area contributed by atoms with Crippen molar-refractivity contribution in [2.24, 2.45) is 0 Å². The molecule has 18 heavy (non-hydrogen) atoms. The van der Waals surface area contributed by atoms with Gasteiger partial charge in [0.05, 0.1) is 11.3 Å². The topological polar surface area (TPSA) is 57.8 Å². The smallest absolute Gasteiger partial charge is 0.153 e. The Kier molecular flexibility index (Phi) is 4.34. The Morgan fingerprint density at radius 3 is 3.06 bits per heavy atom. The van der Waals surface area contributed by atoms with Crippen LogP contribution in [0, 0.1) is 0 Å². The van der Waals surface area contributed by atoms with Crippen LogP contribution in [0.15, 0.2) is 18.5 Å². The molecule has 4 nitrogen and oxygen atoms in total. The molecule has 0 amide bonds. The Labute approximate surface area is 107 Å². The van der Waals surface area contributed by atoms with Crippen LogP contribution in [0.4, 0.5) is 5.69 Å². The number of unbranched alkanes of at least 4 members (excludes halogenated alkanes) is 3. The van der Waals surface area contributed by atoms with Gasteiger partial charge in [-0.3, -0.25) is 4.79 Å². The van der Waals surface area contributed by atoms with E-state index in [1.807, 2.05) is 12.3 Å². The zero-order valence-electron chi connectivity index (χ0n) is 10.7. The molecule has 0 fully saturated rings. The second-order valence-corrected chi connectivity index (χ2v) is 4.43. The summed E-state index contributed by atoms with van der Waals surface area (Å²) in [6.45, 7) is 3.09. The van der Waals surface area contributed by atoms with Crippen molar-refractivity contribution < 1.29 is 4.79 Å². The van der Waals surface area contributed by atoms with E-state index >= 15 is 0 Å². The van der Waals surface area contributed by atoms with Gasteiger partial charge < -0.3 is 10.3 Å². The predicted molar refractivity (Wildman–Crippen MR) is 74.1 cm³/mol. The second kappa shape index (κ2) is 6.19. The number of rotatable bonds is 7. The van der Waals surface area contributed by atoms with Crippen LogP contribution in [0.2, 0.25) is 0 Å². The van der Waals surface area contributed by atoms with Crippen LogP contribution in [0.1, 0.15) is 43.0 Å². The average Bonchev–Trinajstić information content (AvgIpc) is 2.87. The van der Waals surface area contributed by atoms with E-state index in [0.29, 0.717) is 5.56 Å². The number of carbonyl (C=O) groups excluding carboxylic acids is 1. The van der Waals surface area contributed by atoms with Crippen molar-refractivity contribution in [3.63, 3.8) is 0 Å². The lowest BCUT2D eigenvalue weighted by atomic mass is 10.1. The highest BCUT2D eigenvalue weighted by atomic mass is 16.1. The fourth-order valence-electron chi connectivity index (χ4n) is 2.08. The standard InChI is InChI=1S/C14H19N3O/c1-2-3-4-5-7-15-13-11(10-18)9-17-14-12(13)6-8-16-14/h6,8-10H,2-5,7H2,1H3,(H2,15,16,17). The summed E-state index contributed by atoms with van der Waals surface area (Å²) in [7, 11) is 0. The summed E-state index contributed by atoms with van der Waals surface area (Å²) in [5, 5.41) is 4.34. The summed E-state index contributed by atoms with van der Waals surface area (Å²) in [5.74, 6) is 0. The maximum absolute atomic E-state index is 11.0. The molecule has 0 aliphatic carbocycles. The minimum absolute atomic E-state index is 0.623. The molecule has 4 heteroatoms. The van der Waals surface area contributed by atoms with Gasteiger partial charge in [-0.15, -0.1) is 0 Å². The number of hydrogen-bond donors (Lipinski definition) is 2. The number of aromatic nitrogens is 2. The number of fused-ring (bicyclic) bond motifs is 1. The fraction of sp³-hybridized carbons (Fsp3) is 0.429. The first-order valence-electron chi connectivity index (χ1n) is 6.52. The van der Waals surface area contributed by atoms with Crippen LogP contribution in [0.3, 0.4) is 0 Å². The quantitative estimate of drug-likeness (QED) is 0.581. The van der Waals surface area contributed by atoms with Crippen molar-refractivity contribution in [2.45, 2.75) is 32.6 Å². The van der Waals surface area contributed by atoms with Crippen LogP contribution < -0.4 is 5.32 Å². The van der Waals surface area contributed by atoms with Crippen molar-refractivity contribution in [2.75, 3.05) is 11.9 Å². The summed E-state index contributed by atoms with van der Waals surface area (Å²) >= 11 is 0. The number of aromatic amines is 1. The van der Waals surface area contributed by atoms with Gasteiger partial charge in [0.1, 0.15) is 5.65 Å². The average molecular weight is 245 g/mol. The third-order valence-electron chi connectivity index (χ3n) is 3.07.